The molecule has 0 aliphatic carbocycles. The maximum absolute atomic E-state index is 13.4. The lowest BCUT2D eigenvalue weighted by atomic mass is 9.86. The topological polar surface area (TPSA) is 37.4 Å². The smallest absolute Gasteiger partial charge is 0.260 e. The number of ketones is 1. The number of carbonyl (C=O) groups excluding carboxylic acids is 2. The molecular weight excluding hydrogens is 381 g/mol. The molecule has 0 aromatic heterocycles. The van der Waals surface area contributed by atoms with E-state index in [9.17, 15) is 9.59 Å². The van der Waals surface area contributed by atoms with Crippen LogP contribution in [0.15, 0.2) is 77.4 Å². The molecule has 1 unspecified atom stereocenters. The van der Waals surface area contributed by atoms with Crippen LogP contribution in [0.25, 0.3) is 0 Å². The van der Waals surface area contributed by atoms with Crippen LogP contribution in [0.5, 0.6) is 0 Å². The summed E-state index contributed by atoms with van der Waals surface area (Å²) in [6.45, 7) is 14.8. The fourth-order valence-electron chi connectivity index (χ4n) is 2.62. The number of para-hydroxylation sites is 1. The average Bonchev–Trinajstić information content (AvgIpc) is 2.62. The lowest BCUT2D eigenvalue weighted by molar-refractivity contribution is -0.127. The highest BCUT2D eigenvalue weighted by molar-refractivity contribution is 6.53. The van der Waals surface area contributed by atoms with E-state index in [2.05, 4.69) is 13.2 Å². The molecule has 0 spiro atoms. The Morgan fingerprint density at radius 1 is 1.19 bits per heavy atom. The van der Waals surface area contributed by atoms with Gasteiger partial charge in [-0.2, -0.15) is 0 Å². The quantitative estimate of drug-likeness (QED) is 0.180. The zero-order chi connectivity index (χ0) is 20.8. The van der Waals surface area contributed by atoms with Crippen LogP contribution < -0.4 is 4.90 Å². The molecule has 1 amide bonds. The lowest BCUT2D eigenvalue weighted by Gasteiger charge is -2.32. The molecule has 1 rings (SSSR count). The molecule has 1 atom stereocenters. The van der Waals surface area contributed by atoms with Gasteiger partial charge in [0.15, 0.2) is 5.78 Å². The molecule has 0 saturated heterocycles. The van der Waals surface area contributed by atoms with Gasteiger partial charge in [0.1, 0.15) is 0 Å². The van der Waals surface area contributed by atoms with Gasteiger partial charge in [0.25, 0.3) is 5.91 Å². The van der Waals surface area contributed by atoms with Crippen molar-refractivity contribution in [1.82, 2.24) is 0 Å². The molecule has 0 aliphatic rings. The van der Waals surface area contributed by atoms with Crippen LogP contribution in [0.3, 0.4) is 0 Å². The highest BCUT2D eigenvalue weighted by atomic mass is 35.5. The number of anilines is 1. The predicted octanol–water partition coefficient (Wildman–Crippen LogP) is 5.81. The predicted molar refractivity (Wildman–Crippen MR) is 115 cm³/mol. The number of carbonyl (C=O) groups is 2. The largest absolute Gasteiger partial charge is 0.310 e. The number of amides is 1. The molecule has 0 saturated carbocycles. The molecule has 27 heavy (non-hydrogen) atoms. The summed E-state index contributed by atoms with van der Waals surface area (Å²) in [4.78, 5) is 26.2. The van der Waals surface area contributed by atoms with Crippen molar-refractivity contribution in [3.8, 4) is 0 Å². The van der Waals surface area contributed by atoms with Crippen LogP contribution in [-0.4, -0.2) is 23.1 Å². The third-order valence-corrected chi connectivity index (χ3v) is 5.00. The Balaban J connectivity index is 3.57. The van der Waals surface area contributed by atoms with E-state index in [0.717, 1.165) is 0 Å². The van der Waals surface area contributed by atoms with Crippen LogP contribution in [0.1, 0.15) is 27.7 Å². The zero-order valence-corrected chi connectivity index (χ0v) is 17.7. The maximum Gasteiger partial charge on any atom is 0.260 e. The highest BCUT2D eigenvalue weighted by Gasteiger charge is 2.49. The van der Waals surface area contributed by atoms with Crippen LogP contribution >= 0.6 is 23.2 Å². The Bertz CT molecular complexity index is 809. The first kappa shape index (κ1) is 22.9. The minimum atomic E-state index is -1.98. The Morgan fingerprint density at radius 2 is 1.74 bits per heavy atom. The Kier molecular flexibility index (Phi) is 8.26. The molecule has 0 radical (unpaired) electrons. The fraction of sp³-hybridized carbons (Fsp3) is 0.273. The molecule has 0 aliphatic heterocycles. The molecule has 5 heteroatoms. The average molecular weight is 406 g/mol. The van der Waals surface area contributed by atoms with Gasteiger partial charge in [-0.15, -0.1) is 0 Å². The standard InChI is InChI=1S/C22H25Cl2NO2/c1-7-12-18(23)19(15(3)4)20(26)22(24,16(5)6)21(27)25(8-2)17-13-10-9-11-14-17/h7,9-14H,3,5,8H2,1-2,4,6H3/b12-7-,19-18-. The summed E-state index contributed by atoms with van der Waals surface area (Å²) in [6.07, 6.45) is 3.26. The first-order valence-electron chi connectivity index (χ1n) is 8.57. The summed E-state index contributed by atoms with van der Waals surface area (Å²) in [5.74, 6) is -1.20. The van der Waals surface area contributed by atoms with Crippen LogP contribution in [-0.2, 0) is 9.59 Å². The minimum absolute atomic E-state index is 0.116. The van der Waals surface area contributed by atoms with E-state index in [1.165, 1.54) is 4.90 Å². The third kappa shape index (κ3) is 4.79. The number of hydrogen-bond acceptors (Lipinski definition) is 2. The van der Waals surface area contributed by atoms with Gasteiger partial charge in [0, 0.05) is 17.8 Å². The van der Waals surface area contributed by atoms with E-state index in [0.29, 0.717) is 17.8 Å². The summed E-state index contributed by atoms with van der Waals surface area (Å²) in [5, 5.41) is 0.178. The Hall–Kier alpha value is -2.10. The van der Waals surface area contributed by atoms with E-state index < -0.39 is 16.6 Å². The first-order valence-corrected chi connectivity index (χ1v) is 9.33. The van der Waals surface area contributed by atoms with Crippen molar-refractivity contribution in [2.24, 2.45) is 0 Å². The van der Waals surface area contributed by atoms with Gasteiger partial charge in [0.05, 0.1) is 5.03 Å². The molecule has 0 heterocycles. The monoisotopic (exact) mass is 405 g/mol. The van der Waals surface area contributed by atoms with Crippen molar-refractivity contribution in [1.29, 1.82) is 0 Å². The molecule has 0 bridgehead atoms. The SMILES string of the molecule is C=C(C)/C(C(=O)C(Cl)(C(=C)C)C(=O)N(CC)c1ccccc1)=C(Cl)\C=C/C. The maximum atomic E-state index is 13.4. The number of alkyl halides is 1. The fourth-order valence-corrected chi connectivity index (χ4v) is 3.19. The zero-order valence-electron chi connectivity index (χ0n) is 16.2. The van der Waals surface area contributed by atoms with Crippen LogP contribution in [0.2, 0.25) is 0 Å². The second kappa shape index (κ2) is 9.72. The molecule has 0 N–H and O–H groups in total. The van der Waals surface area contributed by atoms with Crippen molar-refractivity contribution in [3.05, 3.63) is 77.4 Å². The van der Waals surface area contributed by atoms with Crippen molar-refractivity contribution in [2.75, 3.05) is 11.4 Å². The highest BCUT2D eigenvalue weighted by Crippen LogP contribution is 2.35. The van der Waals surface area contributed by atoms with E-state index >= 15 is 0 Å². The van der Waals surface area contributed by atoms with Gasteiger partial charge in [0.2, 0.25) is 4.87 Å². The summed E-state index contributed by atoms with van der Waals surface area (Å²) in [7, 11) is 0. The minimum Gasteiger partial charge on any atom is -0.310 e. The Labute approximate surface area is 171 Å². The van der Waals surface area contributed by atoms with E-state index in [-0.39, 0.29) is 16.2 Å². The van der Waals surface area contributed by atoms with E-state index in [1.54, 1.807) is 45.1 Å². The van der Waals surface area contributed by atoms with Gasteiger partial charge in [-0.05, 0) is 57.0 Å². The van der Waals surface area contributed by atoms with Crippen molar-refractivity contribution >= 4 is 40.6 Å². The second-order valence-corrected chi connectivity index (χ2v) is 7.13. The van der Waals surface area contributed by atoms with Crippen molar-refractivity contribution < 1.29 is 9.59 Å². The summed E-state index contributed by atoms with van der Waals surface area (Å²) < 4.78 is 0. The molecular formula is C22H25Cl2NO2. The lowest BCUT2D eigenvalue weighted by Crippen LogP contribution is -2.52. The Morgan fingerprint density at radius 3 is 2.15 bits per heavy atom. The third-order valence-electron chi connectivity index (χ3n) is 4.03. The number of nitrogens with zero attached hydrogens (tertiary/aromatic N) is 1. The number of rotatable bonds is 8. The van der Waals surface area contributed by atoms with Crippen molar-refractivity contribution in [3.63, 3.8) is 0 Å². The molecule has 3 nitrogen and oxygen atoms in total. The number of hydrogen-bond donors (Lipinski definition) is 0. The van der Waals surface area contributed by atoms with E-state index in [4.69, 9.17) is 23.2 Å². The van der Waals surface area contributed by atoms with Crippen LogP contribution in [0, 0.1) is 0 Å². The second-order valence-electron chi connectivity index (χ2n) is 6.16. The molecule has 0 fully saturated rings. The van der Waals surface area contributed by atoms with Crippen molar-refractivity contribution in [2.45, 2.75) is 32.6 Å². The summed E-state index contributed by atoms with van der Waals surface area (Å²) >= 11 is 13.0. The van der Waals surface area contributed by atoms with E-state index in [1.807, 2.05) is 25.1 Å². The molecule has 1 aromatic rings. The number of halogens is 2. The number of benzene rings is 1. The van der Waals surface area contributed by atoms with Gasteiger partial charge in [-0.25, -0.2) is 0 Å². The summed E-state index contributed by atoms with van der Waals surface area (Å²) in [5.41, 5.74) is 1.40. The van der Waals surface area contributed by atoms with Crippen LogP contribution in [0.4, 0.5) is 5.69 Å². The number of allylic oxidation sites excluding steroid dienone is 5. The molecule has 144 valence electrons. The first-order chi connectivity index (χ1) is 12.6. The van der Waals surface area contributed by atoms with Gasteiger partial charge < -0.3 is 4.90 Å². The molecule has 1 aromatic carbocycles. The number of Topliss-reactive ketones (excluding diaryl/α,β-unsaturated/α-hetero) is 1. The van der Waals surface area contributed by atoms with Gasteiger partial charge in [-0.3, -0.25) is 9.59 Å². The summed E-state index contributed by atoms with van der Waals surface area (Å²) in [6, 6.07) is 9.03. The van der Waals surface area contributed by atoms with Gasteiger partial charge >= 0.3 is 0 Å². The van der Waals surface area contributed by atoms with Gasteiger partial charge in [-0.1, -0.05) is 60.6 Å². The normalized spacial score (nSPS) is 14.3.